The SMILES string of the molecule is Cc1cc(N2CC(CNC(=O)c3ccc(Cl)s3)OC2=O)ccc1CCC1C=CC=C(OCCO)C1=O. The number of aliphatic hydroxyl groups is 1. The second-order valence-corrected chi connectivity index (χ2v) is 10.3. The Morgan fingerprint density at radius 2 is 2.14 bits per heavy atom. The lowest BCUT2D eigenvalue weighted by molar-refractivity contribution is -0.121. The number of anilines is 1. The second-order valence-electron chi connectivity index (χ2n) is 8.54. The van der Waals surface area contributed by atoms with Gasteiger partial charge in [-0.1, -0.05) is 29.8 Å². The quantitative estimate of drug-likeness (QED) is 0.480. The Bertz CT molecular complexity index is 1210. The maximum absolute atomic E-state index is 12.6. The number of carbonyl (C=O) groups is 3. The van der Waals surface area contributed by atoms with Crippen molar-refractivity contribution in [2.24, 2.45) is 5.92 Å². The number of allylic oxidation sites excluding steroid dienone is 4. The maximum atomic E-state index is 12.6. The number of cyclic esters (lactones) is 1. The number of hydrogen-bond donors (Lipinski definition) is 2. The molecule has 2 amide bonds. The molecule has 2 unspecified atom stereocenters. The van der Waals surface area contributed by atoms with Gasteiger partial charge in [-0.3, -0.25) is 14.5 Å². The van der Waals surface area contributed by atoms with Crippen molar-refractivity contribution in [2.45, 2.75) is 25.9 Å². The van der Waals surface area contributed by atoms with E-state index in [1.54, 1.807) is 23.1 Å². The number of aryl methyl sites for hydroxylation is 2. The Hall–Kier alpha value is -3.14. The molecule has 1 aromatic carbocycles. The summed E-state index contributed by atoms with van der Waals surface area (Å²) < 4.78 is 11.3. The van der Waals surface area contributed by atoms with Gasteiger partial charge in [0.05, 0.1) is 28.9 Å². The minimum Gasteiger partial charge on any atom is -0.487 e. The van der Waals surface area contributed by atoms with E-state index in [0.717, 1.165) is 16.8 Å². The third-order valence-electron chi connectivity index (χ3n) is 6.04. The number of carbonyl (C=O) groups excluding carboxylic acids is 3. The topological polar surface area (TPSA) is 105 Å². The summed E-state index contributed by atoms with van der Waals surface area (Å²) in [6.07, 6.45) is 5.69. The van der Waals surface area contributed by atoms with Gasteiger partial charge in [0.2, 0.25) is 5.78 Å². The lowest BCUT2D eigenvalue weighted by Crippen LogP contribution is -2.34. The zero-order valence-electron chi connectivity index (χ0n) is 19.7. The molecular formula is C26H27ClN2O6S. The number of aliphatic hydroxyl groups excluding tert-OH is 1. The van der Waals surface area contributed by atoms with E-state index in [9.17, 15) is 14.4 Å². The number of amides is 2. The summed E-state index contributed by atoms with van der Waals surface area (Å²) in [5.74, 6) is -0.339. The van der Waals surface area contributed by atoms with E-state index < -0.39 is 12.2 Å². The van der Waals surface area contributed by atoms with Crippen molar-refractivity contribution in [3.8, 4) is 0 Å². The van der Waals surface area contributed by atoms with Gasteiger partial charge in [-0.25, -0.2) is 4.79 Å². The van der Waals surface area contributed by atoms with Crippen LogP contribution >= 0.6 is 22.9 Å². The zero-order valence-corrected chi connectivity index (χ0v) is 21.3. The van der Waals surface area contributed by atoms with E-state index in [0.29, 0.717) is 28.6 Å². The maximum Gasteiger partial charge on any atom is 0.414 e. The molecule has 1 saturated heterocycles. The highest BCUT2D eigenvalue weighted by atomic mass is 35.5. The third kappa shape index (κ3) is 6.16. The van der Waals surface area contributed by atoms with Gasteiger partial charge in [-0.2, -0.15) is 0 Å². The number of ether oxygens (including phenoxy) is 2. The molecule has 1 aromatic heterocycles. The van der Waals surface area contributed by atoms with E-state index in [1.165, 1.54) is 11.3 Å². The Labute approximate surface area is 218 Å². The van der Waals surface area contributed by atoms with Crippen molar-refractivity contribution in [2.75, 3.05) is 31.2 Å². The van der Waals surface area contributed by atoms with Crippen molar-refractivity contribution < 1.29 is 29.0 Å². The Kier molecular flexibility index (Phi) is 8.45. The first-order chi connectivity index (χ1) is 17.4. The van der Waals surface area contributed by atoms with Crippen molar-refractivity contribution in [3.05, 3.63) is 74.7 Å². The third-order valence-corrected chi connectivity index (χ3v) is 7.27. The molecule has 0 spiro atoms. The van der Waals surface area contributed by atoms with Crippen LogP contribution in [0.2, 0.25) is 4.34 Å². The summed E-state index contributed by atoms with van der Waals surface area (Å²) in [6, 6.07) is 9.08. The predicted octanol–water partition coefficient (Wildman–Crippen LogP) is 4.05. The van der Waals surface area contributed by atoms with Crippen molar-refractivity contribution in [3.63, 3.8) is 0 Å². The van der Waals surface area contributed by atoms with E-state index in [-0.39, 0.29) is 43.1 Å². The molecular weight excluding hydrogens is 504 g/mol. The number of nitrogens with zero attached hydrogens (tertiary/aromatic N) is 1. The summed E-state index contributed by atoms with van der Waals surface area (Å²) in [5, 5.41) is 11.7. The van der Waals surface area contributed by atoms with Crippen LogP contribution in [0.3, 0.4) is 0 Å². The summed E-state index contributed by atoms with van der Waals surface area (Å²) in [7, 11) is 0. The first-order valence-corrected chi connectivity index (χ1v) is 12.8. The molecule has 10 heteroatoms. The Morgan fingerprint density at radius 1 is 1.31 bits per heavy atom. The zero-order chi connectivity index (χ0) is 25.7. The minimum absolute atomic E-state index is 0.0830. The molecule has 2 aromatic rings. The highest BCUT2D eigenvalue weighted by Gasteiger charge is 2.33. The fourth-order valence-corrected chi connectivity index (χ4v) is 5.10. The molecule has 1 fully saturated rings. The fraction of sp³-hybridized carbons (Fsp3) is 0.346. The number of nitrogens with one attached hydrogen (secondary N) is 1. The molecule has 2 aliphatic rings. The van der Waals surface area contributed by atoms with Crippen LogP contribution in [0, 0.1) is 12.8 Å². The number of Topliss-reactive ketones (excluding diaryl/α,β-unsaturated/α-hetero) is 1. The lowest BCUT2D eigenvalue weighted by Gasteiger charge is -2.19. The highest BCUT2D eigenvalue weighted by Crippen LogP contribution is 2.27. The summed E-state index contributed by atoms with van der Waals surface area (Å²) in [5.41, 5.74) is 2.81. The molecule has 1 aliphatic heterocycles. The monoisotopic (exact) mass is 530 g/mol. The standard InChI is InChI=1S/C26H27ClN2O6S/c1-16-13-19(8-7-17(16)5-6-18-3-2-4-21(24(18)31)34-12-11-30)29-15-20(35-26(29)33)14-28-25(32)22-9-10-23(27)36-22/h2-4,7-10,13,18,20,30H,5-6,11-12,14-15H2,1H3,(H,28,32). The van der Waals surface area contributed by atoms with Gasteiger partial charge in [0.15, 0.2) is 5.76 Å². The average molecular weight is 531 g/mol. The van der Waals surface area contributed by atoms with Gasteiger partial charge in [-0.05, 0) is 61.2 Å². The van der Waals surface area contributed by atoms with Crippen LogP contribution < -0.4 is 10.2 Å². The molecule has 0 radical (unpaired) electrons. The second kappa shape index (κ2) is 11.7. The first kappa shape index (κ1) is 25.9. The van der Waals surface area contributed by atoms with Crippen molar-refractivity contribution >= 4 is 46.4 Å². The molecule has 0 saturated carbocycles. The Morgan fingerprint density at radius 3 is 2.86 bits per heavy atom. The van der Waals surface area contributed by atoms with Crippen molar-refractivity contribution in [1.29, 1.82) is 0 Å². The molecule has 2 atom stereocenters. The van der Waals surface area contributed by atoms with Gasteiger partial charge in [0.1, 0.15) is 12.7 Å². The molecule has 8 nitrogen and oxygen atoms in total. The van der Waals surface area contributed by atoms with Crippen LogP contribution in [0.5, 0.6) is 0 Å². The molecule has 190 valence electrons. The lowest BCUT2D eigenvalue weighted by atomic mass is 9.90. The minimum atomic E-state index is -0.462. The predicted molar refractivity (Wildman–Crippen MR) is 138 cm³/mol. The fourth-order valence-electron chi connectivity index (χ4n) is 4.14. The molecule has 0 bridgehead atoms. The van der Waals surface area contributed by atoms with E-state index in [2.05, 4.69) is 5.32 Å². The van der Waals surface area contributed by atoms with Crippen LogP contribution in [0.15, 0.2) is 54.3 Å². The summed E-state index contributed by atoms with van der Waals surface area (Å²) in [4.78, 5) is 39.4. The van der Waals surface area contributed by atoms with Gasteiger partial charge >= 0.3 is 6.09 Å². The number of ketones is 1. The molecule has 4 rings (SSSR count). The highest BCUT2D eigenvalue weighted by molar-refractivity contribution is 7.18. The van der Waals surface area contributed by atoms with Crippen LogP contribution in [-0.4, -0.2) is 55.3 Å². The number of halogens is 1. The molecule has 1 aliphatic carbocycles. The van der Waals surface area contributed by atoms with Gasteiger partial charge < -0.3 is 19.9 Å². The first-order valence-electron chi connectivity index (χ1n) is 11.6. The summed E-state index contributed by atoms with van der Waals surface area (Å²) in [6.45, 7) is 2.45. The van der Waals surface area contributed by atoms with Gasteiger partial charge in [-0.15, -0.1) is 11.3 Å². The average Bonchev–Trinajstić information content (AvgIpc) is 3.47. The molecule has 36 heavy (non-hydrogen) atoms. The molecule has 2 N–H and O–H groups in total. The Balaban J connectivity index is 1.31. The normalized spacial score (nSPS) is 19.3. The molecule has 2 heterocycles. The van der Waals surface area contributed by atoms with Crippen LogP contribution in [-0.2, 0) is 20.7 Å². The smallest absolute Gasteiger partial charge is 0.414 e. The van der Waals surface area contributed by atoms with Crippen molar-refractivity contribution in [1.82, 2.24) is 5.32 Å². The largest absolute Gasteiger partial charge is 0.487 e. The number of thiophene rings is 1. The van der Waals surface area contributed by atoms with Crippen LogP contribution in [0.4, 0.5) is 10.5 Å². The number of benzene rings is 1. The van der Waals surface area contributed by atoms with Crippen LogP contribution in [0.25, 0.3) is 0 Å². The van der Waals surface area contributed by atoms with Gasteiger partial charge in [0.25, 0.3) is 5.91 Å². The van der Waals surface area contributed by atoms with E-state index in [4.69, 9.17) is 26.2 Å². The van der Waals surface area contributed by atoms with E-state index >= 15 is 0 Å². The van der Waals surface area contributed by atoms with Gasteiger partial charge in [0, 0.05) is 11.6 Å². The number of rotatable bonds is 10. The van der Waals surface area contributed by atoms with Crippen LogP contribution in [0.1, 0.15) is 27.2 Å². The van der Waals surface area contributed by atoms with E-state index in [1.807, 2.05) is 37.3 Å². The number of hydrogen-bond acceptors (Lipinski definition) is 7. The summed E-state index contributed by atoms with van der Waals surface area (Å²) >= 11 is 7.07.